The molecule has 0 radical (unpaired) electrons. The molecule has 40 heavy (non-hydrogen) atoms. The predicted octanol–water partition coefficient (Wildman–Crippen LogP) is 10.9. The third-order valence-corrected chi connectivity index (χ3v) is 7.30. The maximum absolute atomic E-state index is 6.31. The number of benzene rings is 6. The number of hydrogen-bond donors (Lipinski definition) is 0. The summed E-state index contributed by atoms with van der Waals surface area (Å²) in [6.45, 7) is 0. The monoisotopic (exact) mass is 513 g/mol. The Labute approximate surface area is 234 Å². The number of fused-ring (bicyclic) bond motifs is 1. The molecule has 1 heterocycles. The molecule has 7 rings (SSSR count). The zero-order chi connectivity index (χ0) is 26.7. The highest BCUT2D eigenvalue weighted by molar-refractivity contribution is 5.91. The van der Waals surface area contributed by atoms with E-state index in [2.05, 4.69) is 144 Å². The van der Waals surface area contributed by atoms with Gasteiger partial charge in [0.1, 0.15) is 11.3 Å². The van der Waals surface area contributed by atoms with E-state index in [1.54, 1.807) is 0 Å². The Bertz CT molecular complexity index is 1840. The van der Waals surface area contributed by atoms with Gasteiger partial charge in [-0.15, -0.1) is 0 Å². The quantitative estimate of drug-likeness (QED) is 0.220. The molecule has 2 nitrogen and oxygen atoms in total. The second-order valence-electron chi connectivity index (χ2n) is 9.83. The van der Waals surface area contributed by atoms with E-state index in [1.165, 1.54) is 22.3 Å². The molecule has 0 spiro atoms. The van der Waals surface area contributed by atoms with Gasteiger partial charge in [0.2, 0.25) is 0 Å². The highest BCUT2D eigenvalue weighted by Gasteiger charge is 2.19. The lowest BCUT2D eigenvalue weighted by molar-refractivity contribution is 0.631. The first-order valence-electron chi connectivity index (χ1n) is 13.5. The van der Waals surface area contributed by atoms with Crippen molar-refractivity contribution < 1.29 is 4.42 Å². The molecule has 0 fully saturated rings. The summed E-state index contributed by atoms with van der Waals surface area (Å²) in [7, 11) is 0. The molecule has 7 aromatic rings. The van der Waals surface area contributed by atoms with Gasteiger partial charge >= 0.3 is 0 Å². The van der Waals surface area contributed by atoms with Crippen molar-refractivity contribution in [3.05, 3.63) is 164 Å². The van der Waals surface area contributed by atoms with Crippen molar-refractivity contribution in [2.45, 2.75) is 0 Å². The van der Waals surface area contributed by atoms with Crippen molar-refractivity contribution in [2.24, 2.45) is 0 Å². The molecule has 2 heteroatoms. The zero-order valence-electron chi connectivity index (χ0n) is 21.9. The highest BCUT2D eigenvalue weighted by Crippen LogP contribution is 2.42. The number of para-hydroxylation sites is 3. The van der Waals surface area contributed by atoms with E-state index < -0.39 is 0 Å². The van der Waals surface area contributed by atoms with Gasteiger partial charge in [-0.2, -0.15) is 0 Å². The smallest absolute Gasteiger partial charge is 0.137 e. The summed E-state index contributed by atoms with van der Waals surface area (Å²) in [6, 6.07) is 57.3. The Morgan fingerprint density at radius 1 is 0.400 bits per heavy atom. The summed E-state index contributed by atoms with van der Waals surface area (Å²) >= 11 is 0. The molecular weight excluding hydrogens is 486 g/mol. The fourth-order valence-electron chi connectivity index (χ4n) is 5.28. The summed E-state index contributed by atoms with van der Waals surface area (Å²) in [5.41, 5.74) is 9.99. The molecule has 0 N–H and O–H groups in total. The second kappa shape index (κ2) is 10.4. The highest BCUT2D eigenvalue weighted by atomic mass is 16.3. The number of anilines is 3. The predicted molar refractivity (Wildman–Crippen MR) is 167 cm³/mol. The standard InChI is InChI=1S/C38H27NO/c1-3-11-28(12-4-1)29-19-21-30(22-20-29)31-23-25-34(26-24-31)39(33-14-5-2-6-15-33)36-17-9-8-16-35(36)38-27-32-13-7-10-18-37(32)40-38/h1-27H. The van der Waals surface area contributed by atoms with Gasteiger partial charge in [0, 0.05) is 22.3 Å². The van der Waals surface area contributed by atoms with Crippen LogP contribution in [0, 0.1) is 0 Å². The third kappa shape index (κ3) is 4.57. The van der Waals surface area contributed by atoms with Crippen LogP contribution in [0.15, 0.2) is 168 Å². The first-order chi connectivity index (χ1) is 19.8. The van der Waals surface area contributed by atoms with Crippen LogP contribution >= 0.6 is 0 Å². The molecule has 0 amide bonds. The minimum absolute atomic E-state index is 0.854. The van der Waals surface area contributed by atoms with Gasteiger partial charge in [0.15, 0.2) is 0 Å². The average Bonchev–Trinajstić information content (AvgIpc) is 3.47. The molecular formula is C38H27NO. The van der Waals surface area contributed by atoms with E-state index >= 15 is 0 Å². The van der Waals surface area contributed by atoms with Gasteiger partial charge in [-0.05, 0) is 70.8 Å². The van der Waals surface area contributed by atoms with Crippen LogP contribution in [0.2, 0.25) is 0 Å². The summed E-state index contributed by atoms with van der Waals surface area (Å²) in [6.07, 6.45) is 0. The topological polar surface area (TPSA) is 16.4 Å². The van der Waals surface area contributed by atoms with Crippen LogP contribution in [0.5, 0.6) is 0 Å². The lowest BCUT2D eigenvalue weighted by atomic mass is 10.00. The first kappa shape index (κ1) is 23.8. The van der Waals surface area contributed by atoms with Crippen molar-refractivity contribution in [2.75, 3.05) is 4.90 Å². The molecule has 0 saturated carbocycles. The zero-order valence-corrected chi connectivity index (χ0v) is 21.9. The summed E-state index contributed by atoms with van der Waals surface area (Å²) in [4.78, 5) is 2.30. The molecule has 0 aliphatic carbocycles. The molecule has 0 aliphatic heterocycles. The van der Waals surface area contributed by atoms with Crippen molar-refractivity contribution in [1.29, 1.82) is 0 Å². The van der Waals surface area contributed by atoms with Crippen LogP contribution in [0.1, 0.15) is 0 Å². The Morgan fingerprint density at radius 3 is 1.57 bits per heavy atom. The van der Waals surface area contributed by atoms with E-state index in [1.807, 2.05) is 24.3 Å². The number of nitrogens with zero attached hydrogens (tertiary/aromatic N) is 1. The third-order valence-electron chi connectivity index (χ3n) is 7.30. The van der Waals surface area contributed by atoms with Crippen LogP contribution < -0.4 is 4.90 Å². The normalized spacial score (nSPS) is 11.0. The fraction of sp³-hybridized carbons (Fsp3) is 0. The Hall–Kier alpha value is -5.34. The van der Waals surface area contributed by atoms with Crippen LogP contribution in [0.4, 0.5) is 17.1 Å². The number of furan rings is 1. The lowest BCUT2D eigenvalue weighted by Gasteiger charge is -2.27. The average molecular weight is 514 g/mol. The Morgan fingerprint density at radius 2 is 0.900 bits per heavy atom. The summed E-state index contributed by atoms with van der Waals surface area (Å²) in [5.74, 6) is 0.854. The largest absolute Gasteiger partial charge is 0.456 e. The Kier molecular flexibility index (Phi) is 6.20. The van der Waals surface area contributed by atoms with Gasteiger partial charge in [0.25, 0.3) is 0 Å². The summed E-state index contributed by atoms with van der Waals surface area (Å²) in [5, 5.41) is 1.10. The molecule has 0 aliphatic rings. The van der Waals surface area contributed by atoms with E-state index in [-0.39, 0.29) is 0 Å². The van der Waals surface area contributed by atoms with E-state index in [0.29, 0.717) is 0 Å². The van der Waals surface area contributed by atoms with Crippen molar-refractivity contribution in [1.82, 2.24) is 0 Å². The van der Waals surface area contributed by atoms with Crippen LogP contribution in [-0.4, -0.2) is 0 Å². The van der Waals surface area contributed by atoms with Crippen molar-refractivity contribution in [3.8, 4) is 33.6 Å². The van der Waals surface area contributed by atoms with E-state index in [0.717, 1.165) is 39.4 Å². The van der Waals surface area contributed by atoms with Gasteiger partial charge in [-0.3, -0.25) is 0 Å². The fourth-order valence-corrected chi connectivity index (χ4v) is 5.28. The van der Waals surface area contributed by atoms with Crippen LogP contribution in [-0.2, 0) is 0 Å². The maximum Gasteiger partial charge on any atom is 0.137 e. The van der Waals surface area contributed by atoms with Gasteiger partial charge in [-0.25, -0.2) is 0 Å². The van der Waals surface area contributed by atoms with Crippen LogP contribution in [0.3, 0.4) is 0 Å². The Balaban J connectivity index is 1.27. The minimum Gasteiger partial charge on any atom is -0.456 e. The molecule has 190 valence electrons. The van der Waals surface area contributed by atoms with E-state index in [4.69, 9.17) is 4.42 Å². The molecule has 6 aromatic carbocycles. The number of rotatable bonds is 6. The molecule has 0 bridgehead atoms. The maximum atomic E-state index is 6.31. The minimum atomic E-state index is 0.854. The van der Waals surface area contributed by atoms with Gasteiger partial charge in [-0.1, -0.05) is 115 Å². The summed E-state index contributed by atoms with van der Waals surface area (Å²) < 4.78 is 6.31. The molecule has 0 saturated heterocycles. The second-order valence-corrected chi connectivity index (χ2v) is 9.83. The van der Waals surface area contributed by atoms with Crippen molar-refractivity contribution in [3.63, 3.8) is 0 Å². The van der Waals surface area contributed by atoms with E-state index in [9.17, 15) is 0 Å². The van der Waals surface area contributed by atoms with Gasteiger partial charge in [0.05, 0.1) is 5.69 Å². The molecule has 1 aromatic heterocycles. The SMILES string of the molecule is c1ccc(-c2ccc(-c3ccc(N(c4ccccc4)c4ccccc4-c4cc5ccccc5o4)cc3)cc2)cc1. The molecule has 0 atom stereocenters. The first-order valence-corrected chi connectivity index (χ1v) is 13.5. The van der Waals surface area contributed by atoms with Gasteiger partial charge < -0.3 is 9.32 Å². The van der Waals surface area contributed by atoms with Crippen LogP contribution in [0.25, 0.3) is 44.5 Å². The van der Waals surface area contributed by atoms with Crippen molar-refractivity contribution >= 4 is 28.0 Å². The number of hydrogen-bond acceptors (Lipinski definition) is 2. The lowest BCUT2D eigenvalue weighted by Crippen LogP contribution is -2.10. The molecule has 0 unspecified atom stereocenters.